The van der Waals surface area contributed by atoms with Crippen LogP contribution in [0.3, 0.4) is 0 Å². The van der Waals surface area contributed by atoms with E-state index in [1.54, 1.807) is 4.90 Å². The second kappa shape index (κ2) is 9.21. The molecule has 0 saturated heterocycles. The van der Waals surface area contributed by atoms with Crippen molar-refractivity contribution in [1.82, 2.24) is 0 Å². The van der Waals surface area contributed by atoms with Crippen LogP contribution in [0.5, 0.6) is 0 Å². The van der Waals surface area contributed by atoms with E-state index in [4.69, 9.17) is 11.8 Å². The molecule has 0 bridgehead atoms. The predicted molar refractivity (Wildman–Crippen MR) is 131 cm³/mol. The van der Waals surface area contributed by atoms with Gasteiger partial charge in [-0.1, -0.05) is 109 Å². The quantitative estimate of drug-likeness (QED) is 0.380. The molecular formula is C26H22NOPS. The summed E-state index contributed by atoms with van der Waals surface area (Å²) in [6, 6.07) is 37.4. The van der Waals surface area contributed by atoms with Gasteiger partial charge in [0.2, 0.25) is 5.91 Å². The fourth-order valence-electron chi connectivity index (χ4n) is 3.52. The Hall–Kier alpha value is -3.00. The summed E-state index contributed by atoms with van der Waals surface area (Å²) in [5.74, 6) is 0.00318. The Morgan fingerprint density at radius 1 is 0.600 bits per heavy atom. The Kier molecular flexibility index (Phi) is 6.23. The maximum atomic E-state index is 13.8. The van der Waals surface area contributed by atoms with Gasteiger partial charge in [0.1, 0.15) is 0 Å². The lowest BCUT2D eigenvalue weighted by molar-refractivity contribution is -0.115. The van der Waals surface area contributed by atoms with Crippen molar-refractivity contribution in [1.29, 1.82) is 0 Å². The minimum atomic E-state index is -2.33. The van der Waals surface area contributed by atoms with Gasteiger partial charge in [-0.2, -0.15) is 0 Å². The van der Waals surface area contributed by atoms with E-state index in [9.17, 15) is 4.79 Å². The van der Waals surface area contributed by atoms with Crippen LogP contribution < -0.4 is 15.5 Å². The third-order valence-corrected chi connectivity index (χ3v) is 9.62. The van der Waals surface area contributed by atoms with Gasteiger partial charge in [0.25, 0.3) is 0 Å². The molecule has 0 aliphatic heterocycles. The second-order valence-corrected chi connectivity index (χ2v) is 11.7. The van der Waals surface area contributed by atoms with Crippen LogP contribution in [0.25, 0.3) is 0 Å². The van der Waals surface area contributed by atoms with Gasteiger partial charge >= 0.3 is 0 Å². The van der Waals surface area contributed by atoms with E-state index >= 15 is 0 Å². The number of para-hydroxylation sites is 2. The van der Waals surface area contributed by atoms with Crippen molar-refractivity contribution in [2.24, 2.45) is 0 Å². The second-order valence-electron chi connectivity index (χ2n) is 6.97. The Balaban J connectivity index is 1.78. The number of hydrogen-bond acceptors (Lipinski definition) is 2. The summed E-state index contributed by atoms with van der Waals surface area (Å²) in [4.78, 5) is 15.6. The number of carbonyl (C=O) groups excluding carboxylic acids is 1. The van der Waals surface area contributed by atoms with Crippen LogP contribution in [0.1, 0.15) is 0 Å². The minimum absolute atomic E-state index is 0.00318. The number of anilines is 2. The van der Waals surface area contributed by atoms with Crippen LogP contribution in [0, 0.1) is 0 Å². The predicted octanol–water partition coefficient (Wildman–Crippen LogP) is 5.48. The van der Waals surface area contributed by atoms with Crippen molar-refractivity contribution in [3.8, 4) is 0 Å². The highest BCUT2D eigenvalue weighted by molar-refractivity contribution is 8.22. The molecule has 0 atom stereocenters. The van der Waals surface area contributed by atoms with Gasteiger partial charge in [0.15, 0.2) is 0 Å². The molecule has 4 aromatic carbocycles. The Morgan fingerprint density at radius 2 is 0.933 bits per heavy atom. The third-order valence-electron chi connectivity index (χ3n) is 4.98. The first-order chi connectivity index (χ1) is 14.7. The smallest absolute Gasteiger partial charge is 0.237 e. The molecule has 148 valence electrons. The normalized spacial score (nSPS) is 11.1. The topological polar surface area (TPSA) is 20.3 Å². The summed E-state index contributed by atoms with van der Waals surface area (Å²) in [6.45, 7) is 0. The molecule has 0 unspecified atom stereocenters. The van der Waals surface area contributed by atoms with Crippen LogP contribution >= 0.6 is 6.04 Å². The summed E-state index contributed by atoms with van der Waals surface area (Å²) in [5.41, 5.74) is 1.69. The molecule has 0 heterocycles. The first-order valence-corrected chi connectivity index (χ1v) is 12.8. The van der Waals surface area contributed by atoms with E-state index in [1.807, 2.05) is 97.1 Å². The lowest BCUT2D eigenvalue weighted by atomic mass is 10.2. The highest BCUT2D eigenvalue weighted by Gasteiger charge is 2.29. The zero-order valence-corrected chi connectivity index (χ0v) is 18.2. The van der Waals surface area contributed by atoms with Gasteiger partial charge in [0.05, 0.1) is 6.16 Å². The monoisotopic (exact) mass is 427 g/mol. The van der Waals surface area contributed by atoms with E-state index in [1.165, 1.54) is 0 Å². The number of rotatable bonds is 6. The molecule has 1 amide bonds. The zero-order chi connectivity index (χ0) is 20.8. The highest BCUT2D eigenvalue weighted by Crippen LogP contribution is 2.44. The van der Waals surface area contributed by atoms with E-state index in [0.29, 0.717) is 0 Å². The highest BCUT2D eigenvalue weighted by atomic mass is 32.4. The summed E-state index contributed by atoms with van der Waals surface area (Å²) in [7, 11) is 0. The summed E-state index contributed by atoms with van der Waals surface area (Å²) >= 11 is 6.29. The van der Waals surface area contributed by atoms with Gasteiger partial charge in [-0.3, -0.25) is 9.69 Å². The maximum absolute atomic E-state index is 13.8. The number of nitrogens with zero attached hydrogens (tertiary/aromatic N) is 1. The fraction of sp³-hybridized carbons (Fsp3) is 0.0385. The largest absolute Gasteiger partial charge is 0.281 e. The molecule has 0 aliphatic carbocycles. The number of amides is 1. The molecule has 0 radical (unpaired) electrons. The van der Waals surface area contributed by atoms with Crippen molar-refractivity contribution in [2.45, 2.75) is 0 Å². The standard InChI is InChI=1S/C26H22NOPS/c28-26(27(22-13-5-1-6-14-22)23-15-7-2-8-16-23)21-29(30,24-17-9-3-10-18-24)25-19-11-4-12-20-25/h1-20H,21H2. The average molecular weight is 428 g/mol. The number of carbonyl (C=O) groups is 1. The molecule has 4 rings (SSSR count). The van der Waals surface area contributed by atoms with Crippen LogP contribution in [-0.4, -0.2) is 12.1 Å². The number of benzene rings is 4. The van der Waals surface area contributed by atoms with Crippen LogP contribution in [0.2, 0.25) is 0 Å². The van der Waals surface area contributed by atoms with Gasteiger partial charge in [0, 0.05) is 17.4 Å². The van der Waals surface area contributed by atoms with Gasteiger partial charge < -0.3 is 0 Å². The molecule has 4 heteroatoms. The number of hydrogen-bond donors (Lipinski definition) is 0. The first kappa shape index (κ1) is 20.3. The van der Waals surface area contributed by atoms with Crippen molar-refractivity contribution in [3.63, 3.8) is 0 Å². The molecular weight excluding hydrogens is 405 g/mol. The van der Waals surface area contributed by atoms with Crippen LogP contribution in [0.4, 0.5) is 11.4 Å². The Bertz CT molecular complexity index is 1070. The molecule has 30 heavy (non-hydrogen) atoms. The van der Waals surface area contributed by atoms with E-state index in [2.05, 4.69) is 24.3 Å². The molecule has 0 saturated carbocycles. The molecule has 0 N–H and O–H groups in total. The molecule has 2 nitrogen and oxygen atoms in total. The lowest BCUT2D eigenvalue weighted by Crippen LogP contribution is -2.32. The SMILES string of the molecule is O=C(CP(=S)(c1ccccc1)c1ccccc1)N(c1ccccc1)c1ccccc1. The van der Waals surface area contributed by atoms with Gasteiger partial charge in [-0.25, -0.2) is 0 Å². The van der Waals surface area contributed by atoms with E-state index in [0.717, 1.165) is 22.0 Å². The van der Waals surface area contributed by atoms with Crippen LogP contribution in [0.15, 0.2) is 121 Å². The minimum Gasteiger partial charge on any atom is -0.281 e. The van der Waals surface area contributed by atoms with Crippen molar-refractivity contribution in [3.05, 3.63) is 121 Å². The Labute approximate surface area is 182 Å². The van der Waals surface area contributed by atoms with Crippen molar-refractivity contribution >= 4 is 45.7 Å². The van der Waals surface area contributed by atoms with E-state index < -0.39 is 6.04 Å². The lowest BCUT2D eigenvalue weighted by Gasteiger charge is -2.28. The Morgan fingerprint density at radius 3 is 1.30 bits per heavy atom. The zero-order valence-electron chi connectivity index (χ0n) is 16.5. The maximum Gasteiger partial charge on any atom is 0.237 e. The average Bonchev–Trinajstić information content (AvgIpc) is 2.82. The molecule has 4 aromatic rings. The van der Waals surface area contributed by atoms with Crippen molar-refractivity contribution in [2.75, 3.05) is 11.1 Å². The van der Waals surface area contributed by atoms with Gasteiger partial charge in [-0.15, -0.1) is 0 Å². The molecule has 0 fully saturated rings. The fourth-order valence-corrected chi connectivity index (χ4v) is 7.08. The summed E-state index contributed by atoms with van der Waals surface area (Å²) in [6.07, 6.45) is 0.278. The van der Waals surface area contributed by atoms with Gasteiger partial charge in [-0.05, 0) is 34.9 Å². The van der Waals surface area contributed by atoms with Crippen LogP contribution in [-0.2, 0) is 16.6 Å². The first-order valence-electron chi connectivity index (χ1n) is 9.82. The summed E-state index contributed by atoms with van der Waals surface area (Å²) in [5, 5.41) is 2.11. The molecule has 0 spiro atoms. The summed E-state index contributed by atoms with van der Waals surface area (Å²) < 4.78 is 0. The molecule has 0 aromatic heterocycles. The van der Waals surface area contributed by atoms with Crippen molar-refractivity contribution < 1.29 is 4.79 Å². The molecule has 0 aliphatic rings. The van der Waals surface area contributed by atoms with E-state index in [-0.39, 0.29) is 12.1 Å². The third kappa shape index (κ3) is 4.28.